The van der Waals surface area contributed by atoms with Crippen molar-refractivity contribution in [1.29, 1.82) is 0 Å². The normalized spacial score (nSPS) is 10.0. The van der Waals surface area contributed by atoms with Crippen molar-refractivity contribution < 1.29 is 9.59 Å². The molecule has 0 aliphatic rings. The molecule has 21 heavy (non-hydrogen) atoms. The molecule has 0 saturated heterocycles. The number of aryl methyl sites for hydroxylation is 1. The molecule has 5 heteroatoms. The van der Waals surface area contributed by atoms with E-state index in [1.54, 1.807) is 37.4 Å². The minimum Gasteiger partial charge on any atom is -0.355 e. The van der Waals surface area contributed by atoms with Crippen LogP contribution in [0.4, 0.5) is 5.69 Å². The van der Waals surface area contributed by atoms with Gasteiger partial charge in [-0.3, -0.25) is 9.59 Å². The Morgan fingerprint density at radius 1 is 1.00 bits per heavy atom. The van der Waals surface area contributed by atoms with E-state index >= 15 is 0 Å². The molecule has 0 radical (unpaired) electrons. The molecule has 2 rings (SSSR count). The molecule has 0 bridgehead atoms. The Morgan fingerprint density at radius 3 is 2.29 bits per heavy atom. The van der Waals surface area contributed by atoms with Gasteiger partial charge in [0, 0.05) is 22.8 Å². The fraction of sp³-hybridized carbons (Fsp3) is 0.125. The lowest BCUT2D eigenvalue weighted by atomic mass is 10.1. The third-order valence-electron chi connectivity index (χ3n) is 3.07. The van der Waals surface area contributed by atoms with E-state index in [0.29, 0.717) is 16.8 Å². The van der Waals surface area contributed by atoms with Crippen LogP contribution in [0.3, 0.4) is 0 Å². The number of amides is 2. The van der Waals surface area contributed by atoms with E-state index in [9.17, 15) is 9.59 Å². The van der Waals surface area contributed by atoms with Gasteiger partial charge in [0.2, 0.25) is 0 Å². The van der Waals surface area contributed by atoms with Crippen LogP contribution in [-0.2, 0) is 0 Å². The van der Waals surface area contributed by atoms with Gasteiger partial charge < -0.3 is 10.6 Å². The van der Waals surface area contributed by atoms with E-state index in [0.717, 1.165) is 10.0 Å². The smallest absolute Gasteiger partial charge is 0.256 e. The minimum absolute atomic E-state index is 0.158. The van der Waals surface area contributed by atoms with Crippen LogP contribution >= 0.6 is 15.9 Å². The maximum Gasteiger partial charge on any atom is 0.256 e. The van der Waals surface area contributed by atoms with Crippen LogP contribution in [0.1, 0.15) is 26.3 Å². The van der Waals surface area contributed by atoms with Gasteiger partial charge in [0.1, 0.15) is 0 Å². The summed E-state index contributed by atoms with van der Waals surface area (Å²) < 4.78 is 0.782. The first kappa shape index (κ1) is 15.3. The van der Waals surface area contributed by atoms with E-state index in [1.165, 1.54) is 0 Å². The summed E-state index contributed by atoms with van der Waals surface area (Å²) >= 11 is 3.42. The van der Waals surface area contributed by atoms with Crippen LogP contribution in [-0.4, -0.2) is 18.9 Å². The molecule has 2 aromatic carbocycles. The fourth-order valence-electron chi connectivity index (χ4n) is 1.87. The molecule has 108 valence electrons. The Balaban J connectivity index is 2.16. The van der Waals surface area contributed by atoms with Gasteiger partial charge in [-0.05, 0) is 58.7 Å². The molecule has 0 unspecified atom stereocenters. The van der Waals surface area contributed by atoms with Gasteiger partial charge in [0.15, 0.2) is 0 Å². The van der Waals surface area contributed by atoms with Gasteiger partial charge in [-0.2, -0.15) is 0 Å². The fourth-order valence-corrected chi connectivity index (χ4v) is 2.31. The van der Waals surface area contributed by atoms with Crippen molar-refractivity contribution in [3.05, 3.63) is 63.6 Å². The Bertz CT molecular complexity index is 681. The highest BCUT2D eigenvalue weighted by atomic mass is 79.9. The van der Waals surface area contributed by atoms with Gasteiger partial charge in [-0.1, -0.05) is 12.1 Å². The number of hydrogen-bond acceptors (Lipinski definition) is 2. The summed E-state index contributed by atoms with van der Waals surface area (Å²) in [5.41, 5.74) is 2.76. The molecule has 0 spiro atoms. The summed E-state index contributed by atoms with van der Waals surface area (Å²) in [6.07, 6.45) is 0. The van der Waals surface area contributed by atoms with Gasteiger partial charge in [0.25, 0.3) is 11.8 Å². The summed E-state index contributed by atoms with van der Waals surface area (Å²) in [6.45, 7) is 1.93. The first-order chi connectivity index (χ1) is 10.0. The van der Waals surface area contributed by atoms with Crippen molar-refractivity contribution in [3.8, 4) is 0 Å². The van der Waals surface area contributed by atoms with Crippen molar-refractivity contribution >= 4 is 33.4 Å². The average molecular weight is 347 g/mol. The topological polar surface area (TPSA) is 58.2 Å². The number of carbonyl (C=O) groups is 2. The molecule has 0 saturated carbocycles. The van der Waals surface area contributed by atoms with E-state index in [-0.39, 0.29) is 11.8 Å². The average Bonchev–Trinajstić information content (AvgIpc) is 2.50. The second-order valence-electron chi connectivity index (χ2n) is 4.55. The molecule has 0 aliphatic carbocycles. The quantitative estimate of drug-likeness (QED) is 0.894. The summed E-state index contributed by atoms with van der Waals surface area (Å²) in [5, 5.41) is 5.36. The zero-order valence-electron chi connectivity index (χ0n) is 11.7. The summed E-state index contributed by atoms with van der Waals surface area (Å²) in [4.78, 5) is 23.7. The number of nitrogens with one attached hydrogen (secondary N) is 2. The number of rotatable bonds is 3. The van der Waals surface area contributed by atoms with Gasteiger partial charge >= 0.3 is 0 Å². The number of halogens is 1. The van der Waals surface area contributed by atoms with Gasteiger partial charge in [-0.25, -0.2) is 0 Å². The minimum atomic E-state index is -0.196. The van der Waals surface area contributed by atoms with Crippen LogP contribution in [0.5, 0.6) is 0 Å². The van der Waals surface area contributed by atoms with Crippen molar-refractivity contribution in [2.24, 2.45) is 0 Å². The van der Waals surface area contributed by atoms with E-state index in [2.05, 4.69) is 26.6 Å². The van der Waals surface area contributed by atoms with Crippen LogP contribution in [0.2, 0.25) is 0 Å². The van der Waals surface area contributed by atoms with Crippen LogP contribution in [0, 0.1) is 6.92 Å². The third kappa shape index (κ3) is 3.49. The monoisotopic (exact) mass is 346 g/mol. The highest BCUT2D eigenvalue weighted by molar-refractivity contribution is 9.10. The molecule has 2 N–H and O–H groups in total. The van der Waals surface area contributed by atoms with Crippen LogP contribution in [0.25, 0.3) is 0 Å². The Morgan fingerprint density at radius 2 is 1.67 bits per heavy atom. The van der Waals surface area contributed by atoms with Crippen molar-refractivity contribution in [3.63, 3.8) is 0 Å². The molecule has 0 atom stereocenters. The Labute approximate surface area is 131 Å². The number of carbonyl (C=O) groups excluding carboxylic acids is 2. The Hall–Kier alpha value is -2.14. The first-order valence-electron chi connectivity index (χ1n) is 6.41. The summed E-state index contributed by atoms with van der Waals surface area (Å²) in [5.74, 6) is -0.354. The lowest BCUT2D eigenvalue weighted by Gasteiger charge is -2.09. The summed E-state index contributed by atoms with van der Waals surface area (Å²) in [7, 11) is 1.58. The second-order valence-corrected chi connectivity index (χ2v) is 5.34. The third-order valence-corrected chi connectivity index (χ3v) is 4.12. The molecule has 0 heterocycles. The molecule has 4 nitrogen and oxygen atoms in total. The highest BCUT2D eigenvalue weighted by Gasteiger charge is 2.11. The predicted molar refractivity (Wildman–Crippen MR) is 86.7 cm³/mol. The van der Waals surface area contributed by atoms with Crippen molar-refractivity contribution in [2.45, 2.75) is 6.92 Å². The molecule has 2 aromatic rings. The number of benzene rings is 2. The molecule has 2 amide bonds. The molecular formula is C16H15BrN2O2. The number of hydrogen-bond donors (Lipinski definition) is 2. The zero-order chi connectivity index (χ0) is 15.4. The van der Waals surface area contributed by atoms with E-state index in [1.807, 2.05) is 19.1 Å². The molecule has 0 aliphatic heterocycles. The zero-order valence-corrected chi connectivity index (χ0v) is 13.3. The molecular weight excluding hydrogens is 332 g/mol. The molecule has 0 aromatic heterocycles. The maximum atomic E-state index is 12.2. The first-order valence-corrected chi connectivity index (χ1v) is 7.21. The van der Waals surface area contributed by atoms with Crippen molar-refractivity contribution in [1.82, 2.24) is 5.32 Å². The largest absolute Gasteiger partial charge is 0.355 e. The van der Waals surface area contributed by atoms with Crippen LogP contribution < -0.4 is 10.6 Å². The predicted octanol–water partition coefficient (Wildman–Crippen LogP) is 3.37. The SMILES string of the molecule is CNC(=O)c1ccc(NC(=O)c2cccc(C)c2Br)cc1. The molecule has 0 fully saturated rings. The standard InChI is InChI=1S/C16H15BrN2O2/c1-10-4-3-5-13(14(10)17)16(21)19-12-8-6-11(7-9-12)15(20)18-2/h3-9H,1-2H3,(H,18,20)(H,19,21). The Kier molecular flexibility index (Phi) is 4.75. The second kappa shape index (κ2) is 6.54. The van der Waals surface area contributed by atoms with Gasteiger partial charge in [0.05, 0.1) is 5.56 Å². The van der Waals surface area contributed by atoms with Crippen molar-refractivity contribution in [2.75, 3.05) is 12.4 Å². The van der Waals surface area contributed by atoms with Gasteiger partial charge in [-0.15, -0.1) is 0 Å². The lowest BCUT2D eigenvalue weighted by molar-refractivity contribution is 0.0962. The van der Waals surface area contributed by atoms with E-state index < -0.39 is 0 Å². The van der Waals surface area contributed by atoms with E-state index in [4.69, 9.17) is 0 Å². The lowest BCUT2D eigenvalue weighted by Crippen LogP contribution is -2.18. The number of anilines is 1. The summed E-state index contributed by atoms with van der Waals surface area (Å²) in [6, 6.07) is 12.3. The highest BCUT2D eigenvalue weighted by Crippen LogP contribution is 2.22. The van der Waals surface area contributed by atoms with Crippen LogP contribution in [0.15, 0.2) is 46.9 Å². The maximum absolute atomic E-state index is 12.2.